The van der Waals surface area contributed by atoms with Crippen LogP contribution >= 0.6 is 0 Å². The number of aliphatic hydroxyl groups is 2. The largest absolute Gasteiger partial charge is 0.394 e. The van der Waals surface area contributed by atoms with Gasteiger partial charge in [0, 0.05) is 6.42 Å². The van der Waals surface area contributed by atoms with Gasteiger partial charge in [0.2, 0.25) is 5.91 Å². The van der Waals surface area contributed by atoms with Crippen molar-refractivity contribution in [3.05, 3.63) is 36.5 Å². The summed E-state index contributed by atoms with van der Waals surface area (Å²) in [5, 5.41) is 23.0. The van der Waals surface area contributed by atoms with Crippen LogP contribution in [0, 0.1) is 0 Å². The van der Waals surface area contributed by atoms with E-state index >= 15 is 0 Å². The van der Waals surface area contributed by atoms with E-state index in [0.29, 0.717) is 6.42 Å². The highest BCUT2D eigenvalue weighted by atomic mass is 16.3. The quantitative estimate of drug-likeness (QED) is 0.0430. The summed E-state index contributed by atoms with van der Waals surface area (Å²) < 4.78 is 0. The minimum absolute atomic E-state index is 0.0723. The first-order chi connectivity index (χ1) is 26.2. The van der Waals surface area contributed by atoms with Gasteiger partial charge >= 0.3 is 0 Å². The predicted molar refractivity (Wildman–Crippen MR) is 235 cm³/mol. The summed E-state index contributed by atoms with van der Waals surface area (Å²) in [6.07, 6.45) is 59.8. The summed E-state index contributed by atoms with van der Waals surface area (Å²) in [6, 6.07) is -0.637. The summed E-state index contributed by atoms with van der Waals surface area (Å²) in [5.74, 6) is -0.0723. The van der Waals surface area contributed by atoms with E-state index in [1.54, 1.807) is 6.08 Å². The maximum Gasteiger partial charge on any atom is 0.220 e. The van der Waals surface area contributed by atoms with Crippen LogP contribution in [-0.4, -0.2) is 34.9 Å². The van der Waals surface area contributed by atoms with E-state index in [0.717, 1.165) is 32.1 Å². The number of unbranched alkanes of at least 4 members (excludes halogenated alkanes) is 32. The fraction of sp³-hybridized carbons (Fsp3) is 0.857. The van der Waals surface area contributed by atoms with Crippen LogP contribution in [0.25, 0.3) is 0 Å². The molecule has 0 aliphatic rings. The summed E-state index contributed by atoms with van der Waals surface area (Å²) in [4.78, 5) is 12.4. The Morgan fingerprint density at radius 2 is 0.736 bits per heavy atom. The van der Waals surface area contributed by atoms with Gasteiger partial charge in [-0.2, -0.15) is 0 Å². The van der Waals surface area contributed by atoms with Gasteiger partial charge in [-0.05, 0) is 57.8 Å². The molecular weight excluding hydrogens is 651 g/mol. The zero-order valence-corrected chi connectivity index (χ0v) is 35.8. The zero-order valence-electron chi connectivity index (χ0n) is 35.8. The molecule has 0 saturated carbocycles. The Labute approximate surface area is 331 Å². The Kier molecular flexibility index (Phi) is 43.8. The van der Waals surface area contributed by atoms with Gasteiger partial charge in [0.1, 0.15) is 0 Å². The summed E-state index contributed by atoms with van der Waals surface area (Å²) in [6.45, 7) is 4.31. The average Bonchev–Trinajstić information content (AvgIpc) is 3.16. The summed E-state index contributed by atoms with van der Waals surface area (Å²) in [5.41, 5.74) is 0. The third-order valence-corrected chi connectivity index (χ3v) is 10.8. The van der Waals surface area contributed by atoms with Crippen molar-refractivity contribution < 1.29 is 15.0 Å². The van der Waals surface area contributed by atoms with Gasteiger partial charge in [-0.1, -0.05) is 224 Å². The number of nitrogens with one attached hydrogen (secondary N) is 1. The second-order valence-corrected chi connectivity index (χ2v) is 16.2. The fourth-order valence-corrected chi connectivity index (χ4v) is 7.19. The van der Waals surface area contributed by atoms with E-state index in [2.05, 4.69) is 43.5 Å². The van der Waals surface area contributed by atoms with Gasteiger partial charge in [-0.15, -0.1) is 0 Å². The Morgan fingerprint density at radius 1 is 0.434 bits per heavy atom. The number of rotatable bonds is 43. The van der Waals surface area contributed by atoms with Crippen molar-refractivity contribution in [1.29, 1.82) is 0 Å². The Bertz CT molecular complexity index is 806. The molecule has 2 atom stereocenters. The lowest BCUT2D eigenvalue weighted by Gasteiger charge is -2.19. The molecule has 4 nitrogen and oxygen atoms in total. The number of hydrogen-bond acceptors (Lipinski definition) is 3. The molecule has 3 N–H and O–H groups in total. The van der Waals surface area contributed by atoms with Crippen molar-refractivity contribution in [2.75, 3.05) is 6.61 Å². The second kappa shape index (κ2) is 45.0. The minimum Gasteiger partial charge on any atom is -0.394 e. The van der Waals surface area contributed by atoms with Crippen LogP contribution in [0.3, 0.4) is 0 Å². The van der Waals surface area contributed by atoms with E-state index < -0.39 is 12.1 Å². The van der Waals surface area contributed by atoms with Crippen LogP contribution in [0.15, 0.2) is 36.5 Å². The lowest BCUT2D eigenvalue weighted by molar-refractivity contribution is -0.123. The first-order valence-electron chi connectivity index (χ1n) is 23.7. The number of aliphatic hydroxyl groups excluding tert-OH is 2. The molecule has 0 aromatic rings. The maximum absolute atomic E-state index is 12.4. The molecule has 0 saturated heterocycles. The molecule has 0 fully saturated rings. The van der Waals surface area contributed by atoms with Gasteiger partial charge in [0.25, 0.3) is 0 Å². The van der Waals surface area contributed by atoms with E-state index in [1.807, 2.05) is 6.08 Å². The molecule has 0 heterocycles. The molecular formula is C49H93NO3. The van der Waals surface area contributed by atoms with Crippen LogP contribution in [0.5, 0.6) is 0 Å². The number of allylic oxidation sites excluding steroid dienone is 5. The lowest BCUT2D eigenvalue weighted by atomic mass is 10.0. The molecule has 1 amide bonds. The third kappa shape index (κ3) is 41.6. The van der Waals surface area contributed by atoms with Crippen molar-refractivity contribution in [2.45, 2.75) is 264 Å². The first-order valence-corrected chi connectivity index (χ1v) is 23.7. The van der Waals surface area contributed by atoms with Gasteiger partial charge < -0.3 is 15.5 Å². The molecule has 0 aliphatic heterocycles. The average molecular weight is 744 g/mol. The highest BCUT2D eigenvalue weighted by Crippen LogP contribution is 2.15. The fourth-order valence-electron chi connectivity index (χ4n) is 7.19. The number of carbonyl (C=O) groups is 1. The smallest absolute Gasteiger partial charge is 0.220 e. The second-order valence-electron chi connectivity index (χ2n) is 16.2. The SMILES string of the molecule is CCCCCCCCCC/C=C\CCCCCCCCCCCCCCCC(=O)NC(CO)C(O)/C=C/CC/C=C/CCCCCCCCCCCC. The number of hydrogen-bond donors (Lipinski definition) is 3. The molecule has 0 bridgehead atoms. The van der Waals surface area contributed by atoms with Crippen LogP contribution in [0.4, 0.5) is 0 Å². The monoisotopic (exact) mass is 744 g/mol. The first kappa shape index (κ1) is 51.6. The third-order valence-electron chi connectivity index (χ3n) is 10.8. The van der Waals surface area contributed by atoms with Crippen LogP contribution < -0.4 is 5.32 Å². The van der Waals surface area contributed by atoms with Gasteiger partial charge in [-0.3, -0.25) is 4.79 Å². The molecule has 2 unspecified atom stereocenters. The van der Waals surface area contributed by atoms with Gasteiger partial charge in [0.15, 0.2) is 0 Å². The lowest BCUT2D eigenvalue weighted by Crippen LogP contribution is -2.45. The molecule has 0 aromatic carbocycles. The molecule has 0 aliphatic carbocycles. The normalized spacial score (nSPS) is 13.2. The van der Waals surface area contributed by atoms with Crippen molar-refractivity contribution in [3.63, 3.8) is 0 Å². The molecule has 0 radical (unpaired) electrons. The molecule has 312 valence electrons. The van der Waals surface area contributed by atoms with Crippen molar-refractivity contribution in [1.82, 2.24) is 5.32 Å². The van der Waals surface area contributed by atoms with Crippen molar-refractivity contribution in [3.8, 4) is 0 Å². The number of carbonyl (C=O) groups excluding carboxylic acids is 1. The molecule has 0 aromatic heterocycles. The molecule has 53 heavy (non-hydrogen) atoms. The van der Waals surface area contributed by atoms with E-state index in [-0.39, 0.29) is 12.5 Å². The molecule has 4 heteroatoms. The summed E-state index contributed by atoms with van der Waals surface area (Å²) in [7, 11) is 0. The van der Waals surface area contributed by atoms with E-state index in [1.165, 1.54) is 199 Å². The van der Waals surface area contributed by atoms with Gasteiger partial charge in [-0.25, -0.2) is 0 Å². The van der Waals surface area contributed by atoms with E-state index in [4.69, 9.17) is 0 Å². The zero-order chi connectivity index (χ0) is 38.6. The van der Waals surface area contributed by atoms with E-state index in [9.17, 15) is 15.0 Å². The molecule has 0 rings (SSSR count). The highest BCUT2D eigenvalue weighted by Gasteiger charge is 2.17. The summed E-state index contributed by atoms with van der Waals surface area (Å²) >= 11 is 0. The van der Waals surface area contributed by atoms with Crippen LogP contribution in [0.1, 0.15) is 251 Å². The topological polar surface area (TPSA) is 69.6 Å². The van der Waals surface area contributed by atoms with Gasteiger partial charge in [0.05, 0.1) is 18.8 Å². The maximum atomic E-state index is 12.4. The van der Waals surface area contributed by atoms with Crippen molar-refractivity contribution in [2.24, 2.45) is 0 Å². The van der Waals surface area contributed by atoms with Crippen LogP contribution in [-0.2, 0) is 4.79 Å². The standard InChI is InChI=1S/C49H93NO3/c1-3-5-7-9-11-13-15-17-19-21-22-23-24-25-26-27-28-29-31-33-35-37-39-41-43-45-49(53)50-47(46-51)48(52)44-42-40-38-36-34-32-30-20-18-16-14-12-10-8-6-4-2/h21-22,34,36,42,44,47-48,51-52H,3-20,23-33,35,37-41,43,45-46H2,1-2H3,(H,50,53)/b22-21-,36-34+,44-42+. The minimum atomic E-state index is -0.860. The Balaban J connectivity index is 3.54. The Hall–Kier alpha value is -1.39. The predicted octanol–water partition coefficient (Wildman–Crippen LogP) is 15.0. The molecule has 0 spiro atoms. The highest BCUT2D eigenvalue weighted by molar-refractivity contribution is 5.76. The van der Waals surface area contributed by atoms with Crippen molar-refractivity contribution >= 4 is 5.91 Å². The number of amides is 1. The Morgan fingerprint density at radius 3 is 1.09 bits per heavy atom. The van der Waals surface area contributed by atoms with Crippen LogP contribution in [0.2, 0.25) is 0 Å².